The van der Waals surface area contributed by atoms with Crippen LogP contribution in [0.3, 0.4) is 0 Å². The Kier molecular flexibility index (Phi) is 3.08. The highest BCUT2D eigenvalue weighted by atomic mass is 14.9. The quantitative estimate of drug-likeness (QED) is 0.664. The van der Waals surface area contributed by atoms with E-state index in [1.54, 1.807) is 0 Å². The van der Waals surface area contributed by atoms with Crippen molar-refractivity contribution in [1.29, 1.82) is 0 Å². The van der Waals surface area contributed by atoms with Crippen LogP contribution in [0.4, 0.5) is 0 Å². The normalized spacial score (nSPS) is 14.4. The van der Waals surface area contributed by atoms with Crippen LogP contribution in [0.15, 0.2) is 54.9 Å². The van der Waals surface area contributed by atoms with Crippen LogP contribution in [0.25, 0.3) is 22.5 Å². The number of rotatable bonds is 2. The Balaban J connectivity index is 1.87. The van der Waals surface area contributed by atoms with Crippen LogP contribution in [0, 0.1) is 0 Å². The SMILES string of the molecule is CCc1cnc(-c2ccc3c(c2)-c2ccccc2C3(C)C)nc1. The molecule has 3 aromatic rings. The fraction of sp³-hybridized carbons (Fsp3) is 0.238. The molecule has 1 aliphatic rings. The first-order valence-corrected chi connectivity index (χ1v) is 8.17. The number of nitrogens with zero attached hydrogens (tertiary/aromatic N) is 2. The molecule has 1 aromatic heterocycles. The zero-order chi connectivity index (χ0) is 16.0. The molecule has 114 valence electrons. The fourth-order valence-corrected chi connectivity index (χ4v) is 3.55. The van der Waals surface area contributed by atoms with Gasteiger partial charge in [-0.25, -0.2) is 9.97 Å². The number of hydrogen-bond donors (Lipinski definition) is 0. The van der Waals surface area contributed by atoms with Crippen molar-refractivity contribution < 1.29 is 0 Å². The maximum absolute atomic E-state index is 4.53. The molecule has 1 aliphatic carbocycles. The van der Waals surface area contributed by atoms with Gasteiger partial charge in [-0.15, -0.1) is 0 Å². The average Bonchev–Trinajstić information content (AvgIpc) is 2.83. The molecule has 0 fully saturated rings. The van der Waals surface area contributed by atoms with Crippen molar-refractivity contribution in [3.63, 3.8) is 0 Å². The summed E-state index contributed by atoms with van der Waals surface area (Å²) >= 11 is 0. The lowest BCUT2D eigenvalue weighted by molar-refractivity contribution is 0.660. The molecule has 2 heteroatoms. The van der Waals surface area contributed by atoms with Crippen molar-refractivity contribution in [1.82, 2.24) is 9.97 Å². The summed E-state index contributed by atoms with van der Waals surface area (Å²) in [6, 6.07) is 15.3. The lowest BCUT2D eigenvalue weighted by Crippen LogP contribution is -2.14. The predicted molar refractivity (Wildman–Crippen MR) is 94.4 cm³/mol. The van der Waals surface area contributed by atoms with Crippen LogP contribution in [-0.2, 0) is 11.8 Å². The second-order valence-electron chi connectivity index (χ2n) is 6.70. The molecule has 0 bridgehead atoms. The number of aryl methyl sites for hydroxylation is 1. The lowest BCUT2D eigenvalue weighted by atomic mass is 9.82. The smallest absolute Gasteiger partial charge is 0.159 e. The first kappa shape index (κ1) is 14.1. The van der Waals surface area contributed by atoms with Gasteiger partial charge in [0.1, 0.15) is 0 Å². The fourth-order valence-electron chi connectivity index (χ4n) is 3.55. The highest BCUT2D eigenvalue weighted by molar-refractivity contribution is 5.83. The van der Waals surface area contributed by atoms with Gasteiger partial charge in [0, 0.05) is 23.4 Å². The van der Waals surface area contributed by atoms with E-state index in [0.29, 0.717) is 0 Å². The van der Waals surface area contributed by atoms with Crippen molar-refractivity contribution in [2.45, 2.75) is 32.6 Å². The molecule has 0 unspecified atom stereocenters. The molecule has 0 spiro atoms. The highest BCUT2D eigenvalue weighted by Gasteiger charge is 2.35. The van der Waals surface area contributed by atoms with Crippen molar-refractivity contribution in [3.8, 4) is 22.5 Å². The van der Waals surface area contributed by atoms with Crippen molar-refractivity contribution in [3.05, 3.63) is 71.5 Å². The Morgan fingerprint density at radius 1 is 0.870 bits per heavy atom. The molecular formula is C21H20N2. The monoisotopic (exact) mass is 300 g/mol. The standard InChI is InChI=1S/C21H20N2/c1-4-14-12-22-20(23-13-14)15-9-10-19-17(11-15)16-7-5-6-8-18(16)21(19,2)3/h5-13H,4H2,1-3H3. The Hall–Kier alpha value is -2.48. The summed E-state index contributed by atoms with van der Waals surface area (Å²) in [5, 5.41) is 0. The second kappa shape index (κ2) is 5.02. The minimum absolute atomic E-state index is 0.0530. The number of hydrogen-bond acceptors (Lipinski definition) is 2. The molecule has 0 radical (unpaired) electrons. The maximum atomic E-state index is 4.53. The molecule has 0 amide bonds. The molecule has 0 N–H and O–H groups in total. The summed E-state index contributed by atoms with van der Waals surface area (Å²) in [5.74, 6) is 0.798. The van der Waals surface area contributed by atoms with E-state index in [2.05, 4.69) is 73.2 Å². The maximum Gasteiger partial charge on any atom is 0.159 e. The van der Waals surface area contributed by atoms with Crippen molar-refractivity contribution in [2.24, 2.45) is 0 Å². The van der Waals surface area contributed by atoms with E-state index in [0.717, 1.165) is 17.8 Å². The first-order chi connectivity index (χ1) is 11.1. The Morgan fingerprint density at radius 3 is 2.30 bits per heavy atom. The summed E-state index contributed by atoms with van der Waals surface area (Å²) < 4.78 is 0. The molecule has 4 rings (SSSR count). The summed E-state index contributed by atoms with van der Waals surface area (Å²) in [5.41, 5.74) is 7.73. The lowest BCUT2D eigenvalue weighted by Gasteiger charge is -2.21. The van der Waals surface area contributed by atoms with Gasteiger partial charge >= 0.3 is 0 Å². The summed E-state index contributed by atoms with van der Waals surface area (Å²) in [6.07, 6.45) is 4.81. The Morgan fingerprint density at radius 2 is 1.57 bits per heavy atom. The zero-order valence-electron chi connectivity index (χ0n) is 13.8. The number of benzene rings is 2. The highest BCUT2D eigenvalue weighted by Crippen LogP contribution is 2.49. The van der Waals surface area contributed by atoms with Crippen LogP contribution >= 0.6 is 0 Å². The first-order valence-electron chi connectivity index (χ1n) is 8.17. The molecule has 0 aliphatic heterocycles. The van der Waals surface area contributed by atoms with Gasteiger partial charge in [0.05, 0.1) is 0 Å². The van der Waals surface area contributed by atoms with Crippen molar-refractivity contribution in [2.75, 3.05) is 0 Å². The third-order valence-electron chi connectivity index (χ3n) is 4.96. The molecule has 1 heterocycles. The van der Waals surface area contributed by atoms with Gasteiger partial charge < -0.3 is 0 Å². The van der Waals surface area contributed by atoms with Gasteiger partial charge in [-0.2, -0.15) is 0 Å². The topological polar surface area (TPSA) is 25.8 Å². The molecular weight excluding hydrogens is 280 g/mol. The zero-order valence-corrected chi connectivity index (χ0v) is 13.8. The average molecular weight is 300 g/mol. The van der Waals surface area contributed by atoms with Gasteiger partial charge in [-0.3, -0.25) is 0 Å². The Bertz CT molecular complexity index is 877. The third-order valence-corrected chi connectivity index (χ3v) is 4.96. The minimum Gasteiger partial charge on any atom is -0.236 e. The van der Waals surface area contributed by atoms with Gasteiger partial charge in [-0.1, -0.05) is 57.2 Å². The number of fused-ring (bicyclic) bond motifs is 3. The molecule has 23 heavy (non-hydrogen) atoms. The van der Waals surface area contributed by atoms with Crippen LogP contribution in [0.2, 0.25) is 0 Å². The minimum atomic E-state index is 0.0530. The van der Waals surface area contributed by atoms with Crippen LogP contribution in [0.1, 0.15) is 37.5 Å². The largest absolute Gasteiger partial charge is 0.236 e. The van der Waals surface area contributed by atoms with Gasteiger partial charge in [0.25, 0.3) is 0 Å². The molecule has 0 saturated heterocycles. The third kappa shape index (κ3) is 2.09. The van der Waals surface area contributed by atoms with E-state index in [9.17, 15) is 0 Å². The molecule has 2 nitrogen and oxygen atoms in total. The molecule has 0 saturated carbocycles. The van der Waals surface area contributed by atoms with Crippen LogP contribution in [-0.4, -0.2) is 9.97 Å². The van der Waals surface area contributed by atoms with Crippen molar-refractivity contribution >= 4 is 0 Å². The van der Waals surface area contributed by atoms with E-state index in [1.165, 1.54) is 27.8 Å². The van der Waals surface area contributed by atoms with E-state index in [-0.39, 0.29) is 5.41 Å². The van der Waals surface area contributed by atoms with Crippen LogP contribution in [0.5, 0.6) is 0 Å². The van der Waals surface area contributed by atoms with Crippen LogP contribution < -0.4 is 0 Å². The summed E-state index contributed by atoms with van der Waals surface area (Å²) in [4.78, 5) is 9.05. The number of aromatic nitrogens is 2. The van der Waals surface area contributed by atoms with E-state index in [4.69, 9.17) is 0 Å². The predicted octanol–water partition coefficient (Wildman–Crippen LogP) is 5.01. The summed E-state index contributed by atoms with van der Waals surface area (Å²) in [6.45, 7) is 6.71. The van der Waals surface area contributed by atoms with E-state index < -0.39 is 0 Å². The Labute approximate surface area is 137 Å². The van der Waals surface area contributed by atoms with Gasteiger partial charge in [0.15, 0.2) is 5.82 Å². The van der Waals surface area contributed by atoms with E-state index in [1.807, 2.05) is 12.4 Å². The molecule has 0 atom stereocenters. The van der Waals surface area contributed by atoms with E-state index >= 15 is 0 Å². The second-order valence-corrected chi connectivity index (χ2v) is 6.70. The summed E-state index contributed by atoms with van der Waals surface area (Å²) in [7, 11) is 0. The van der Waals surface area contributed by atoms with Gasteiger partial charge in [0.2, 0.25) is 0 Å². The van der Waals surface area contributed by atoms with Gasteiger partial charge in [-0.05, 0) is 40.3 Å². The molecule has 2 aromatic carbocycles.